The van der Waals surface area contributed by atoms with Gasteiger partial charge in [-0.25, -0.2) is 0 Å². The van der Waals surface area contributed by atoms with Crippen LogP contribution in [-0.2, 0) is 11.2 Å². The van der Waals surface area contributed by atoms with Crippen LogP contribution in [0.5, 0.6) is 5.75 Å². The van der Waals surface area contributed by atoms with E-state index in [9.17, 15) is 4.79 Å². The zero-order chi connectivity index (χ0) is 6.27. The minimum absolute atomic E-state index is 0.232. The summed E-state index contributed by atoms with van der Waals surface area (Å²) in [7, 11) is 0. The van der Waals surface area contributed by atoms with E-state index in [0.717, 1.165) is 0 Å². The van der Waals surface area contributed by atoms with Gasteiger partial charge in [0.05, 0.1) is 6.26 Å². The Morgan fingerprint density at radius 2 is 2.44 bits per heavy atom. The standard InChI is InChI=1S/C6H4O3/c7-6-3-5-4(9-6)1-2-8-5/h1-2H,3H2. The summed E-state index contributed by atoms with van der Waals surface area (Å²) in [5.74, 6) is 0.976. The molecule has 3 heteroatoms. The van der Waals surface area contributed by atoms with Gasteiger partial charge in [0.25, 0.3) is 0 Å². The molecule has 0 aromatic carbocycles. The Kier molecular flexibility index (Phi) is 0.704. The minimum Gasteiger partial charge on any atom is -0.465 e. The second-order valence-corrected chi connectivity index (χ2v) is 1.86. The summed E-state index contributed by atoms with van der Waals surface area (Å²) in [5.41, 5.74) is 0. The van der Waals surface area contributed by atoms with Gasteiger partial charge in [0, 0.05) is 6.07 Å². The molecular formula is C6H4O3. The summed E-state index contributed by atoms with van der Waals surface area (Å²) in [6, 6.07) is 1.64. The predicted octanol–water partition coefficient (Wildman–Crippen LogP) is 0.741. The van der Waals surface area contributed by atoms with Crippen LogP contribution < -0.4 is 4.74 Å². The van der Waals surface area contributed by atoms with Crippen molar-refractivity contribution in [1.82, 2.24) is 0 Å². The fraction of sp³-hybridized carbons (Fsp3) is 0.167. The number of ether oxygens (including phenoxy) is 1. The van der Waals surface area contributed by atoms with Gasteiger partial charge >= 0.3 is 5.97 Å². The molecule has 0 unspecified atom stereocenters. The number of hydrogen-bond donors (Lipinski definition) is 0. The Hall–Kier alpha value is -1.25. The molecule has 0 saturated heterocycles. The van der Waals surface area contributed by atoms with Crippen molar-refractivity contribution in [1.29, 1.82) is 0 Å². The number of carbonyl (C=O) groups is 1. The van der Waals surface area contributed by atoms with Gasteiger partial charge in [-0.2, -0.15) is 0 Å². The van der Waals surface area contributed by atoms with Crippen molar-refractivity contribution >= 4 is 5.97 Å². The molecule has 1 aromatic heterocycles. The van der Waals surface area contributed by atoms with Crippen LogP contribution >= 0.6 is 0 Å². The van der Waals surface area contributed by atoms with E-state index in [1.807, 2.05) is 0 Å². The molecule has 2 heterocycles. The fourth-order valence-corrected chi connectivity index (χ4v) is 0.839. The quantitative estimate of drug-likeness (QED) is 0.479. The summed E-state index contributed by atoms with van der Waals surface area (Å²) in [5, 5.41) is 0. The van der Waals surface area contributed by atoms with Crippen molar-refractivity contribution in [2.45, 2.75) is 6.42 Å². The molecule has 0 atom stereocenters. The van der Waals surface area contributed by atoms with Gasteiger partial charge in [0.2, 0.25) is 0 Å². The summed E-state index contributed by atoms with van der Waals surface area (Å²) in [6.45, 7) is 0. The molecule has 0 amide bonds. The van der Waals surface area contributed by atoms with Crippen molar-refractivity contribution in [2.24, 2.45) is 0 Å². The first-order valence-electron chi connectivity index (χ1n) is 2.63. The number of esters is 1. The molecule has 0 bridgehead atoms. The number of carbonyl (C=O) groups excluding carboxylic acids is 1. The van der Waals surface area contributed by atoms with E-state index < -0.39 is 0 Å². The smallest absolute Gasteiger partial charge is 0.319 e. The molecule has 46 valence electrons. The first-order chi connectivity index (χ1) is 4.36. The van der Waals surface area contributed by atoms with E-state index in [-0.39, 0.29) is 12.4 Å². The third-order valence-electron chi connectivity index (χ3n) is 1.23. The van der Waals surface area contributed by atoms with Crippen molar-refractivity contribution < 1.29 is 13.9 Å². The van der Waals surface area contributed by atoms with Crippen LogP contribution in [0.25, 0.3) is 0 Å². The van der Waals surface area contributed by atoms with Crippen LogP contribution in [0.15, 0.2) is 16.7 Å². The number of furan rings is 1. The topological polar surface area (TPSA) is 39.4 Å². The van der Waals surface area contributed by atoms with E-state index in [2.05, 4.69) is 0 Å². The summed E-state index contributed by atoms with van der Waals surface area (Å²) in [4.78, 5) is 10.5. The highest BCUT2D eigenvalue weighted by Gasteiger charge is 2.22. The Bertz CT molecular complexity index is 226. The molecule has 2 rings (SSSR count). The van der Waals surface area contributed by atoms with Crippen molar-refractivity contribution in [3.63, 3.8) is 0 Å². The van der Waals surface area contributed by atoms with Crippen molar-refractivity contribution in [2.75, 3.05) is 0 Å². The summed E-state index contributed by atoms with van der Waals surface area (Å²) in [6.07, 6.45) is 1.79. The van der Waals surface area contributed by atoms with E-state index in [1.165, 1.54) is 6.26 Å². The van der Waals surface area contributed by atoms with Crippen LogP contribution in [0.2, 0.25) is 0 Å². The Balaban J connectivity index is 2.49. The third kappa shape index (κ3) is 0.543. The molecule has 1 aromatic rings. The molecule has 0 saturated carbocycles. The maximum absolute atomic E-state index is 10.5. The second kappa shape index (κ2) is 1.37. The Labute approximate surface area is 51.2 Å². The van der Waals surface area contributed by atoms with Crippen LogP contribution in [0.4, 0.5) is 0 Å². The van der Waals surface area contributed by atoms with E-state index >= 15 is 0 Å². The molecule has 0 N–H and O–H groups in total. The van der Waals surface area contributed by atoms with Gasteiger partial charge in [-0.1, -0.05) is 0 Å². The number of hydrogen-bond acceptors (Lipinski definition) is 3. The largest absolute Gasteiger partial charge is 0.465 e. The van der Waals surface area contributed by atoms with Crippen LogP contribution in [0.3, 0.4) is 0 Å². The summed E-state index contributed by atoms with van der Waals surface area (Å²) < 4.78 is 9.61. The van der Waals surface area contributed by atoms with E-state index in [4.69, 9.17) is 9.15 Å². The average molecular weight is 124 g/mol. The van der Waals surface area contributed by atoms with Gasteiger partial charge in [-0.3, -0.25) is 4.79 Å². The maximum Gasteiger partial charge on any atom is 0.319 e. The first kappa shape index (κ1) is 4.61. The molecule has 1 aliphatic rings. The van der Waals surface area contributed by atoms with E-state index in [0.29, 0.717) is 11.5 Å². The Morgan fingerprint density at radius 1 is 1.56 bits per heavy atom. The minimum atomic E-state index is -0.232. The lowest BCUT2D eigenvalue weighted by Gasteiger charge is -1.84. The van der Waals surface area contributed by atoms with Crippen LogP contribution in [0.1, 0.15) is 5.76 Å². The van der Waals surface area contributed by atoms with Gasteiger partial charge in [0.1, 0.15) is 6.42 Å². The van der Waals surface area contributed by atoms with Crippen LogP contribution in [0, 0.1) is 0 Å². The number of rotatable bonds is 0. The lowest BCUT2D eigenvalue weighted by atomic mass is 10.4. The lowest BCUT2D eigenvalue weighted by Crippen LogP contribution is -2.00. The van der Waals surface area contributed by atoms with Gasteiger partial charge < -0.3 is 9.15 Å². The lowest BCUT2D eigenvalue weighted by molar-refractivity contribution is -0.131. The Morgan fingerprint density at radius 3 is 3.22 bits per heavy atom. The zero-order valence-corrected chi connectivity index (χ0v) is 4.59. The second-order valence-electron chi connectivity index (χ2n) is 1.86. The molecule has 3 nitrogen and oxygen atoms in total. The molecule has 9 heavy (non-hydrogen) atoms. The van der Waals surface area contributed by atoms with Gasteiger partial charge in [-0.05, 0) is 0 Å². The highest BCUT2D eigenvalue weighted by Crippen LogP contribution is 2.25. The zero-order valence-electron chi connectivity index (χ0n) is 4.59. The molecular weight excluding hydrogens is 120 g/mol. The maximum atomic E-state index is 10.5. The highest BCUT2D eigenvalue weighted by molar-refractivity contribution is 5.79. The highest BCUT2D eigenvalue weighted by atomic mass is 16.6. The molecule has 0 radical (unpaired) electrons. The molecule has 0 aliphatic carbocycles. The first-order valence-corrected chi connectivity index (χ1v) is 2.63. The number of fused-ring (bicyclic) bond motifs is 1. The van der Waals surface area contributed by atoms with Crippen molar-refractivity contribution in [3.8, 4) is 5.75 Å². The van der Waals surface area contributed by atoms with Crippen LogP contribution in [-0.4, -0.2) is 5.97 Å². The normalized spacial score (nSPS) is 15.3. The fourth-order valence-electron chi connectivity index (χ4n) is 0.839. The SMILES string of the molecule is O=C1Cc2occc2O1. The monoisotopic (exact) mass is 124 g/mol. The predicted molar refractivity (Wildman–Crippen MR) is 28.0 cm³/mol. The summed E-state index contributed by atoms with van der Waals surface area (Å²) >= 11 is 0. The van der Waals surface area contributed by atoms with Gasteiger partial charge in [-0.15, -0.1) is 0 Å². The molecule has 1 aliphatic heterocycles. The molecule has 0 fully saturated rings. The third-order valence-corrected chi connectivity index (χ3v) is 1.23. The van der Waals surface area contributed by atoms with Gasteiger partial charge in [0.15, 0.2) is 11.5 Å². The van der Waals surface area contributed by atoms with E-state index in [1.54, 1.807) is 6.07 Å². The average Bonchev–Trinajstić information content (AvgIpc) is 2.22. The van der Waals surface area contributed by atoms with Crippen molar-refractivity contribution in [3.05, 3.63) is 18.1 Å². The molecule has 0 spiro atoms.